The fourth-order valence-corrected chi connectivity index (χ4v) is 2.92. The van der Waals surface area contributed by atoms with Gasteiger partial charge in [0.05, 0.1) is 0 Å². The summed E-state index contributed by atoms with van der Waals surface area (Å²) in [6.45, 7) is 6.62. The molecule has 2 rings (SSSR count). The third-order valence-corrected chi connectivity index (χ3v) is 4.09. The monoisotopic (exact) mass is 262 g/mol. The van der Waals surface area contributed by atoms with E-state index in [-0.39, 0.29) is 0 Å². The van der Waals surface area contributed by atoms with Crippen molar-refractivity contribution in [1.29, 1.82) is 0 Å². The predicted molar refractivity (Wildman–Crippen MR) is 80.2 cm³/mol. The van der Waals surface area contributed by atoms with E-state index < -0.39 is 0 Å². The van der Waals surface area contributed by atoms with Gasteiger partial charge in [-0.05, 0) is 31.1 Å². The molecule has 1 aliphatic rings. The quantitative estimate of drug-likeness (QED) is 0.817. The van der Waals surface area contributed by atoms with E-state index in [1.807, 2.05) is 0 Å². The van der Waals surface area contributed by atoms with Gasteiger partial charge in [0.15, 0.2) is 0 Å². The van der Waals surface area contributed by atoms with Crippen molar-refractivity contribution in [3.8, 4) is 0 Å². The van der Waals surface area contributed by atoms with E-state index in [1.54, 1.807) is 6.33 Å². The number of anilines is 2. The summed E-state index contributed by atoms with van der Waals surface area (Å²) in [6.07, 6.45) is 7.96. The molecule has 0 bridgehead atoms. The minimum Gasteiger partial charge on any atom is -0.383 e. The summed E-state index contributed by atoms with van der Waals surface area (Å²) in [5, 5.41) is 3.60. The Morgan fingerprint density at radius 3 is 2.74 bits per heavy atom. The molecule has 1 aromatic heterocycles. The molecule has 2 unspecified atom stereocenters. The standard InChI is InChI=1S/C15H26N4/c1-10(2)13-14(16)17-9-18-15(13)19-12-6-4-5-11(3)7-8-12/h9-12H,4-8H2,1-3H3,(H3,16,17,18,19). The first kappa shape index (κ1) is 14.1. The van der Waals surface area contributed by atoms with Crippen LogP contribution in [0.3, 0.4) is 0 Å². The molecular weight excluding hydrogens is 236 g/mol. The van der Waals surface area contributed by atoms with E-state index in [2.05, 4.69) is 36.1 Å². The van der Waals surface area contributed by atoms with Gasteiger partial charge in [0.25, 0.3) is 0 Å². The number of nitrogen functional groups attached to an aromatic ring is 1. The van der Waals surface area contributed by atoms with Crippen molar-refractivity contribution in [3.05, 3.63) is 11.9 Å². The largest absolute Gasteiger partial charge is 0.383 e. The van der Waals surface area contributed by atoms with E-state index in [0.29, 0.717) is 17.8 Å². The molecule has 0 amide bonds. The van der Waals surface area contributed by atoms with Crippen LogP contribution in [0.25, 0.3) is 0 Å². The maximum absolute atomic E-state index is 5.99. The number of nitrogens with zero attached hydrogens (tertiary/aromatic N) is 2. The summed E-state index contributed by atoms with van der Waals surface area (Å²) in [5.74, 6) is 2.73. The molecule has 3 N–H and O–H groups in total. The van der Waals surface area contributed by atoms with Crippen molar-refractivity contribution in [2.75, 3.05) is 11.1 Å². The maximum atomic E-state index is 5.99. The Labute approximate surface area is 116 Å². The smallest absolute Gasteiger partial charge is 0.135 e. The third kappa shape index (κ3) is 3.58. The summed E-state index contributed by atoms with van der Waals surface area (Å²) in [7, 11) is 0. The Morgan fingerprint density at radius 2 is 2.00 bits per heavy atom. The molecule has 1 heterocycles. The lowest BCUT2D eigenvalue weighted by Gasteiger charge is -2.21. The molecule has 4 heteroatoms. The van der Waals surface area contributed by atoms with Gasteiger partial charge in [0, 0.05) is 11.6 Å². The number of hydrogen-bond acceptors (Lipinski definition) is 4. The summed E-state index contributed by atoms with van der Waals surface area (Å²) in [4.78, 5) is 8.51. The molecular formula is C15H26N4. The van der Waals surface area contributed by atoms with Gasteiger partial charge in [0.1, 0.15) is 18.0 Å². The van der Waals surface area contributed by atoms with Crippen molar-refractivity contribution in [3.63, 3.8) is 0 Å². The van der Waals surface area contributed by atoms with Crippen LogP contribution in [0.2, 0.25) is 0 Å². The number of nitrogens with two attached hydrogens (primary N) is 1. The van der Waals surface area contributed by atoms with E-state index >= 15 is 0 Å². The third-order valence-electron chi connectivity index (χ3n) is 4.09. The van der Waals surface area contributed by atoms with E-state index in [1.165, 1.54) is 32.1 Å². The molecule has 4 nitrogen and oxygen atoms in total. The molecule has 1 saturated carbocycles. The average molecular weight is 262 g/mol. The summed E-state index contributed by atoms with van der Waals surface area (Å²) in [5.41, 5.74) is 7.04. The molecule has 1 aliphatic carbocycles. The molecule has 1 aromatic rings. The molecule has 19 heavy (non-hydrogen) atoms. The van der Waals surface area contributed by atoms with Crippen LogP contribution < -0.4 is 11.1 Å². The van der Waals surface area contributed by atoms with Gasteiger partial charge in [-0.2, -0.15) is 0 Å². The lowest BCUT2D eigenvalue weighted by Crippen LogP contribution is -2.21. The Bertz CT molecular complexity index is 417. The average Bonchev–Trinajstić information content (AvgIpc) is 2.54. The molecule has 0 saturated heterocycles. The van der Waals surface area contributed by atoms with Gasteiger partial charge >= 0.3 is 0 Å². The van der Waals surface area contributed by atoms with Gasteiger partial charge in [-0.25, -0.2) is 9.97 Å². The SMILES string of the molecule is CC1CCCC(Nc2ncnc(N)c2C(C)C)CC1. The van der Waals surface area contributed by atoms with Crippen LogP contribution in [0, 0.1) is 5.92 Å². The fraction of sp³-hybridized carbons (Fsp3) is 0.733. The van der Waals surface area contributed by atoms with Crippen molar-refractivity contribution in [2.24, 2.45) is 5.92 Å². The van der Waals surface area contributed by atoms with Crippen LogP contribution in [0.15, 0.2) is 6.33 Å². The second-order valence-corrected chi connectivity index (χ2v) is 6.13. The Hall–Kier alpha value is -1.32. The Kier molecular flexibility index (Phi) is 4.61. The molecule has 1 fully saturated rings. The second-order valence-electron chi connectivity index (χ2n) is 6.13. The number of hydrogen-bond donors (Lipinski definition) is 2. The van der Waals surface area contributed by atoms with Gasteiger partial charge in [-0.15, -0.1) is 0 Å². The first-order chi connectivity index (χ1) is 9.08. The van der Waals surface area contributed by atoms with Crippen LogP contribution in [0.1, 0.15) is 64.4 Å². The second kappa shape index (κ2) is 6.22. The van der Waals surface area contributed by atoms with E-state index in [4.69, 9.17) is 5.73 Å². The zero-order valence-corrected chi connectivity index (χ0v) is 12.3. The Morgan fingerprint density at radius 1 is 1.21 bits per heavy atom. The maximum Gasteiger partial charge on any atom is 0.135 e. The lowest BCUT2D eigenvalue weighted by molar-refractivity contribution is 0.501. The van der Waals surface area contributed by atoms with E-state index in [9.17, 15) is 0 Å². The van der Waals surface area contributed by atoms with Crippen molar-refractivity contribution >= 4 is 11.6 Å². The topological polar surface area (TPSA) is 63.8 Å². The van der Waals surface area contributed by atoms with Crippen LogP contribution in [0.4, 0.5) is 11.6 Å². The summed E-state index contributed by atoms with van der Waals surface area (Å²) in [6, 6.07) is 0.525. The van der Waals surface area contributed by atoms with Gasteiger partial charge < -0.3 is 11.1 Å². The molecule has 2 atom stereocenters. The van der Waals surface area contributed by atoms with Crippen LogP contribution in [-0.4, -0.2) is 16.0 Å². The lowest BCUT2D eigenvalue weighted by atomic mass is 10.0. The Balaban J connectivity index is 2.12. The first-order valence-corrected chi connectivity index (χ1v) is 7.44. The van der Waals surface area contributed by atoms with Crippen LogP contribution >= 0.6 is 0 Å². The number of aromatic nitrogens is 2. The fourth-order valence-electron chi connectivity index (χ4n) is 2.92. The van der Waals surface area contributed by atoms with Gasteiger partial charge in [0.2, 0.25) is 0 Å². The first-order valence-electron chi connectivity index (χ1n) is 7.44. The summed E-state index contributed by atoms with van der Waals surface area (Å²) >= 11 is 0. The number of nitrogens with one attached hydrogen (secondary N) is 1. The normalized spacial score (nSPS) is 24.2. The van der Waals surface area contributed by atoms with E-state index in [0.717, 1.165) is 17.3 Å². The minimum atomic E-state index is 0.341. The van der Waals surface area contributed by atoms with Crippen LogP contribution in [0.5, 0.6) is 0 Å². The zero-order valence-electron chi connectivity index (χ0n) is 12.3. The van der Waals surface area contributed by atoms with Crippen molar-refractivity contribution in [2.45, 2.75) is 64.8 Å². The van der Waals surface area contributed by atoms with Gasteiger partial charge in [-0.1, -0.05) is 33.6 Å². The minimum absolute atomic E-state index is 0.341. The zero-order chi connectivity index (χ0) is 13.8. The highest BCUT2D eigenvalue weighted by atomic mass is 15.1. The highest BCUT2D eigenvalue weighted by molar-refractivity contribution is 5.57. The molecule has 0 aromatic carbocycles. The number of rotatable bonds is 3. The molecule has 0 radical (unpaired) electrons. The molecule has 0 aliphatic heterocycles. The van der Waals surface area contributed by atoms with Gasteiger partial charge in [-0.3, -0.25) is 0 Å². The molecule has 106 valence electrons. The molecule has 0 spiro atoms. The van der Waals surface area contributed by atoms with Crippen molar-refractivity contribution in [1.82, 2.24) is 9.97 Å². The van der Waals surface area contributed by atoms with Crippen molar-refractivity contribution < 1.29 is 0 Å². The highest BCUT2D eigenvalue weighted by Gasteiger charge is 2.19. The predicted octanol–water partition coefficient (Wildman–Crippen LogP) is 3.56. The van der Waals surface area contributed by atoms with Crippen LogP contribution in [-0.2, 0) is 0 Å². The summed E-state index contributed by atoms with van der Waals surface area (Å²) < 4.78 is 0. The highest BCUT2D eigenvalue weighted by Crippen LogP contribution is 2.29.